The molecule has 1 aliphatic carbocycles. The topological polar surface area (TPSA) is 40.5 Å². The molecule has 23 heavy (non-hydrogen) atoms. The lowest BCUT2D eigenvalue weighted by Crippen LogP contribution is -2.18. The average Bonchev–Trinajstić information content (AvgIpc) is 2.46. The van der Waals surface area contributed by atoms with E-state index in [1.165, 1.54) is 18.4 Å². The quantitative estimate of drug-likeness (QED) is 0.511. The van der Waals surface area contributed by atoms with Crippen LogP contribution in [0.1, 0.15) is 69.9 Å². The molecule has 0 bridgehead atoms. The molecule has 2 nitrogen and oxygen atoms in total. The summed E-state index contributed by atoms with van der Waals surface area (Å²) >= 11 is 0. The van der Waals surface area contributed by atoms with Crippen LogP contribution in [0.2, 0.25) is 0 Å². The van der Waals surface area contributed by atoms with Crippen molar-refractivity contribution < 1.29 is 10.2 Å². The molecule has 0 spiro atoms. The van der Waals surface area contributed by atoms with Gasteiger partial charge in [-0.2, -0.15) is 0 Å². The van der Waals surface area contributed by atoms with Crippen molar-refractivity contribution in [3.8, 4) is 11.5 Å². The van der Waals surface area contributed by atoms with Crippen molar-refractivity contribution in [1.29, 1.82) is 0 Å². The van der Waals surface area contributed by atoms with Gasteiger partial charge in [-0.05, 0) is 63.1 Å². The largest absolute Gasteiger partial charge is 0.508 e. The highest BCUT2D eigenvalue weighted by Crippen LogP contribution is 2.47. The molecule has 0 aliphatic heterocycles. The lowest BCUT2D eigenvalue weighted by Gasteiger charge is -2.32. The van der Waals surface area contributed by atoms with Crippen molar-refractivity contribution in [2.24, 2.45) is 5.92 Å². The van der Waals surface area contributed by atoms with E-state index in [1.54, 1.807) is 0 Å². The standard InChI is InChI=1S/C21H30O2/c1-5-6-7-8-16-12-19(22)21(20(23)13-16)18-11-15(4)9-10-17(18)14(2)3/h9,12-13,17-18,22-23H,2,5-8,10-11H2,1,3-4H3. The third-order valence-corrected chi connectivity index (χ3v) is 5.02. The molecule has 2 unspecified atom stereocenters. The predicted octanol–water partition coefficient (Wildman–Crippen LogP) is 5.85. The summed E-state index contributed by atoms with van der Waals surface area (Å²) in [4.78, 5) is 0. The summed E-state index contributed by atoms with van der Waals surface area (Å²) in [5.74, 6) is 0.869. The van der Waals surface area contributed by atoms with Crippen molar-refractivity contribution in [3.63, 3.8) is 0 Å². The van der Waals surface area contributed by atoms with Crippen LogP contribution < -0.4 is 0 Å². The van der Waals surface area contributed by atoms with Gasteiger partial charge in [-0.25, -0.2) is 0 Å². The summed E-state index contributed by atoms with van der Waals surface area (Å²) in [6, 6.07) is 3.68. The zero-order valence-corrected chi connectivity index (χ0v) is 14.7. The van der Waals surface area contributed by atoms with E-state index in [9.17, 15) is 10.2 Å². The molecule has 2 N–H and O–H groups in total. The molecule has 2 rings (SSSR count). The van der Waals surface area contributed by atoms with Gasteiger partial charge in [0.05, 0.1) is 0 Å². The van der Waals surface area contributed by atoms with Crippen LogP contribution in [0.3, 0.4) is 0 Å². The van der Waals surface area contributed by atoms with Crippen LogP contribution in [0.25, 0.3) is 0 Å². The lowest BCUT2D eigenvalue weighted by atomic mass is 9.72. The van der Waals surface area contributed by atoms with Crippen LogP contribution >= 0.6 is 0 Å². The molecule has 0 aromatic heterocycles. The van der Waals surface area contributed by atoms with Crippen LogP contribution in [-0.2, 0) is 6.42 Å². The van der Waals surface area contributed by atoms with E-state index in [-0.39, 0.29) is 23.3 Å². The van der Waals surface area contributed by atoms with Gasteiger partial charge in [-0.1, -0.05) is 43.6 Å². The molecule has 0 saturated carbocycles. The minimum absolute atomic E-state index is 0.113. The molecule has 0 radical (unpaired) electrons. The van der Waals surface area contributed by atoms with Crippen LogP contribution in [-0.4, -0.2) is 10.2 Å². The number of aryl methyl sites for hydroxylation is 1. The average molecular weight is 314 g/mol. The number of unbranched alkanes of at least 4 members (excludes halogenated alkanes) is 2. The van der Waals surface area contributed by atoms with Crippen molar-refractivity contribution in [2.75, 3.05) is 0 Å². The van der Waals surface area contributed by atoms with Crippen molar-refractivity contribution in [2.45, 2.75) is 65.2 Å². The summed E-state index contributed by atoms with van der Waals surface area (Å²) < 4.78 is 0. The minimum atomic E-state index is 0.113. The van der Waals surface area contributed by atoms with Gasteiger partial charge in [0.25, 0.3) is 0 Å². The Bertz CT molecular complexity index is 575. The Balaban J connectivity index is 2.31. The second-order valence-electron chi connectivity index (χ2n) is 7.05. The van der Waals surface area contributed by atoms with Crippen LogP contribution in [0.5, 0.6) is 11.5 Å². The molecule has 1 aromatic carbocycles. The fraction of sp³-hybridized carbons (Fsp3) is 0.524. The SMILES string of the molecule is C=C(C)C1CC=C(C)CC1c1c(O)cc(CCCCC)cc1O. The van der Waals surface area contributed by atoms with Crippen LogP contribution in [0.4, 0.5) is 0 Å². The first-order valence-electron chi connectivity index (χ1n) is 8.79. The second-order valence-corrected chi connectivity index (χ2v) is 7.05. The highest BCUT2D eigenvalue weighted by molar-refractivity contribution is 5.50. The molecule has 2 atom stereocenters. The van der Waals surface area contributed by atoms with Crippen LogP contribution in [0, 0.1) is 5.92 Å². The Kier molecular flexibility index (Phi) is 5.92. The predicted molar refractivity (Wildman–Crippen MR) is 97.0 cm³/mol. The maximum Gasteiger partial charge on any atom is 0.123 e. The van der Waals surface area contributed by atoms with Gasteiger partial charge in [0, 0.05) is 11.5 Å². The number of allylic oxidation sites excluding steroid dienone is 3. The minimum Gasteiger partial charge on any atom is -0.508 e. The summed E-state index contributed by atoms with van der Waals surface area (Å²) in [6.45, 7) is 10.5. The molecule has 0 fully saturated rings. The number of benzene rings is 1. The molecular weight excluding hydrogens is 284 g/mol. The zero-order valence-electron chi connectivity index (χ0n) is 14.7. The van der Waals surface area contributed by atoms with Gasteiger partial charge in [0.2, 0.25) is 0 Å². The van der Waals surface area contributed by atoms with Crippen molar-refractivity contribution >= 4 is 0 Å². The fourth-order valence-corrected chi connectivity index (χ4v) is 3.70. The highest BCUT2D eigenvalue weighted by atomic mass is 16.3. The van der Waals surface area contributed by atoms with E-state index in [2.05, 4.69) is 26.5 Å². The summed E-state index contributed by atoms with van der Waals surface area (Å²) in [5.41, 5.74) is 4.15. The molecule has 126 valence electrons. The zero-order chi connectivity index (χ0) is 17.0. The Hall–Kier alpha value is -1.70. The van der Waals surface area contributed by atoms with Crippen LogP contribution in [0.15, 0.2) is 35.9 Å². The van der Waals surface area contributed by atoms with Gasteiger partial charge in [0.15, 0.2) is 0 Å². The smallest absolute Gasteiger partial charge is 0.123 e. The number of phenols is 2. The van der Waals surface area contributed by atoms with Crippen molar-refractivity contribution in [3.05, 3.63) is 47.1 Å². The highest BCUT2D eigenvalue weighted by Gasteiger charge is 2.31. The first-order chi connectivity index (χ1) is 10.9. The van der Waals surface area contributed by atoms with E-state index in [0.29, 0.717) is 5.56 Å². The maximum absolute atomic E-state index is 10.6. The van der Waals surface area contributed by atoms with E-state index in [1.807, 2.05) is 19.1 Å². The summed E-state index contributed by atoms with van der Waals surface area (Å²) in [6.07, 6.45) is 8.40. The molecule has 0 amide bonds. The number of phenolic OH excluding ortho intramolecular Hbond substituents is 2. The van der Waals surface area contributed by atoms with E-state index >= 15 is 0 Å². The summed E-state index contributed by atoms with van der Waals surface area (Å²) in [5, 5.41) is 21.1. The molecule has 1 aromatic rings. The number of aromatic hydroxyl groups is 2. The third-order valence-electron chi connectivity index (χ3n) is 5.02. The summed E-state index contributed by atoms with van der Waals surface area (Å²) in [7, 11) is 0. The monoisotopic (exact) mass is 314 g/mol. The second kappa shape index (κ2) is 7.72. The molecule has 0 saturated heterocycles. The Morgan fingerprint density at radius 2 is 1.87 bits per heavy atom. The van der Waals surface area contributed by atoms with Gasteiger partial charge in [-0.15, -0.1) is 0 Å². The number of rotatable bonds is 6. The molecule has 2 heteroatoms. The van der Waals surface area contributed by atoms with Gasteiger partial charge in [-0.3, -0.25) is 0 Å². The normalized spacial score (nSPS) is 21.1. The van der Waals surface area contributed by atoms with Crippen molar-refractivity contribution in [1.82, 2.24) is 0 Å². The fourth-order valence-electron chi connectivity index (χ4n) is 3.70. The van der Waals surface area contributed by atoms with E-state index < -0.39 is 0 Å². The Labute approximate surface area is 140 Å². The number of hydrogen-bond donors (Lipinski definition) is 2. The Morgan fingerprint density at radius 3 is 2.43 bits per heavy atom. The maximum atomic E-state index is 10.6. The lowest BCUT2D eigenvalue weighted by molar-refractivity contribution is 0.391. The first kappa shape index (κ1) is 17.7. The Morgan fingerprint density at radius 1 is 1.22 bits per heavy atom. The van der Waals surface area contributed by atoms with E-state index in [0.717, 1.165) is 36.8 Å². The molecule has 1 aliphatic rings. The van der Waals surface area contributed by atoms with Gasteiger partial charge >= 0.3 is 0 Å². The molecular formula is C21H30O2. The number of hydrogen-bond acceptors (Lipinski definition) is 2. The van der Waals surface area contributed by atoms with Gasteiger partial charge in [0.1, 0.15) is 11.5 Å². The first-order valence-corrected chi connectivity index (χ1v) is 8.79. The third kappa shape index (κ3) is 4.19. The molecule has 0 heterocycles. The van der Waals surface area contributed by atoms with E-state index in [4.69, 9.17) is 0 Å². The van der Waals surface area contributed by atoms with Gasteiger partial charge < -0.3 is 10.2 Å².